The lowest BCUT2D eigenvalue weighted by molar-refractivity contribution is -0.116. The topological polar surface area (TPSA) is 156 Å². The number of nitrogen functional groups attached to an aromatic ring is 1. The van der Waals surface area contributed by atoms with E-state index >= 15 is 0 Å². The molecule has 1 aromatic carbocycles. The Labute approximate surface area is 196 Å². The van der Waals surface area contributed by atoms with E-state index in [0.717, 1.165) is 0 Å². The number of nitrogens with one attached hydrogen (secondary N) is 2. The second-order valence-corrected chi connectivity index (χ2v) is 9.59. The minimum atomic E-state index is -0.636. The van der Waals surface area contributed by atoms with Crippen LogP contribution in [0.4, 0.5) is 17.2 Å². The SMILES string of the molecule is CC(C)CN(CC(=O)Nc1ccccc1SCC(N)=O)c1c(N)n(CC(C)C)c(=O)[nH]c1=O. The molecular weight excluding hydrogens is 444 g/mol. The van der Waals surface area contributed by atoms with Gasteiger partial charge in [0.05, 0.1) is 18.0 Å². The van der Waals surface area contributed by atoms with Crippen LogP contribution in [-0.4, -0.2) is 40.2 Å². The van der Waals surface area contributed by atoms with Crippen LogP contribution in [0.1, 0.15) is 27.7 Å². The number of amides is 2. The van der Waals surface area contributed by atoms with Crippen molar-refractivity contribution in [2.75, 3.05) is 34.8 Å². The van der Waals surface area contributed by atoms with Crippen LogP contribution in [0.15, 0.2) is 38.8 Å². The van der Waals surface area contributed by atoms with Crippen LogP contribution < -0.4 is 32.9 Å². The molecule has 0 unspecified atom stereocenters. The Morgan fingerprint density at radius 2 is 1.82 bits per heavy atom. The third-order valence-corrected chi connectivity index (χ3v) is 5.62. The van der Waals surface area contributed by atoms with Gasteiger partial charge in [0.25, 0.3) is 5.56 Å². The fraction of sp³-hybridized carbons (Fsp3) is 0.455. The molecule has 0 saturated carbocycles. The number of para-hydroxylation sites is 1. The smallest absolute Gasteiger partial charge is 0.330 e. The summed E-state index contributed by atoms with van der Waals surface area (Å²) in [6.07, 6.45) is 0. The first kappa shape index (κ1) is 26.0. The summed E-state index contributed by atoms with van der Waals surface area (Å²) in [5, 5.41) is 2.83. The number of rotatable bonds is 11. The molecule has 0 spiro atoms. The summed E-state index contributed by atoms with van der Waals surface area (Å²) >= 11 is 1.22. The Morgan fingerprint density at radius 1 is 1.15 bits per heavy atom. The third-order valence-electron chi connectivity index (χ3n) is 4.53. The zero-order valence-corrected chi connectivity index (χ0v) is 20.2. The standard InChI is InChI=1S/C22H32N6O4S/c1-13(2)9-27(19-20(24)28(10-14(3)4)22(32)26-21(19)31)11-18(30)25-15-7-5-6-8-16(15)33-12-17(23)29/h5-8,13-14H,9-12,24H2,1-4H3,(H2,23,29)(H,25,30)(H,26,31,32). The van der Waals surface area contributed by atoms with Crippen molar-refractivity contribution in [3.63, 3.8) is 0 Å². The van der Waals surface area contributed by atoms with E-state index in [0.29, 0.717) is 23.7 Å². The molecule has 2 aromatic rings. The summed E-state index contributed by atoms with van der Waals surface area (Å²) in [6, 6.07) is 7.06. The van der Waals surface area contributed by atoms with Gasteiger partial charge in [0.2, 0.25) is 11.8 Å². The van der Waals surface area contributed by atoms with E-state index in [2.05, 4.69) is 10.3 Å². The van der Waals surface area contributed by atoms with E-state index in [1.165, 1.54) is 16.3 Å². The van der Waals surface area contributed by atoms with Crippen molar-refractivity contribution in [1.82, 2.24) is 9.55 Å². The van der Waals surface area contributed by atoms with Crippen LogP contribution >= 0.6 is 11.8 Å². The van der Waals surface area contributed by atoms with Crippen LogP contribution in [0.25, 0.3) is 0 Å². The first-order valence-corrected chi connectivity index (χ1v) is 11.7. The van der Waals surface area contributed by atoms with Crippen LogP contribution in [0.3, 0.4) is 0 Å². The summed E-state index contributed by atoms with van der Waals surface area (Å²) in [4.78, 5) is 53.7. The quantitative estimate of drug-likeness (QED) is 0.358. The van der Waals surface area contributed by atoms with Crippen LogP contribution in [0.5, 0.6) is 0 Å². The number of carbonyl (C=O) groups excluding carboxylic acids is 2. The maximum atomic E-state index is 12.9. The van der Waals surface area contributed by atoms with E-state index < -0.39 is 17.2 Å². The van der Waals surface area contributed by atoms with Gasteiger partial charge in [0.15, 0.2) is 0 Å². The molecule has 1 heterocycles. The molecule has 11 heteroatoms. The van der Waals surface area contributed by atoms with Crippen molar-refractivity contribution >= 4 is 40.8 Å². The van der Waals surface area contributed by atoms with Gasteiger partial charge in [-0.2, -0.15) is 0 Å². The van der Waals surface area contributed by atoms with E-state index in [-0.39, 0.29) is 41.5 Å². The van der Waals surface area contributed by atoms with Gasteiger partial charge < -0.3 is 21.7 Å². The lowest BCUT2D eigenvalue weighted by atomic mass is 10.2. The lowest BCUT2D eigenvalue weighted by Gasteiger charge is -2.27. The molecule has 1 aromatic heterocycles. The van der Waals surface area contributed by atoms with E-state index in [1.54, 1.807) is 29.2 Å². The van der Waals surface area contributed by atoms with Gasteiger partial charge >= 0.3 is 5.69 Å². The van der Waals surface area contributed by atoms with Gasteiger partial charge in [-0.25, -0.2) is 4.79 Å². The highest BCUT2D eigenvalue weighted by Gasteiger charge is 2.22. The Kier molecular flexibility index (Phi) is 9.15. The van der Waals surface area contributed by atoms with Crippen molar-refractivity contribution in [2.24, 2.45) is 17.6 Å². The molecule has 6 N–H and O–H groups in total. The molecule has 0 aliphatic heterocycles. The summed E-state index contributed by atoms with van der Waals surface area (Å²) < 4.78 is 1.32. The number of carbonyl (C=O) groups is 2. The number of hydrogen-bond acceptors (Lipinski definition) is 7. The maximum absolute atomic E-state index is 12.9. The van der Waals surface area contributed by atoms with Crippen molar-refractivity contribution in [3.05, 3.63) is 45.1 Å². The third kappa shape index (κ3) is 7.41. The second-order valence-electron chi connectivity index (χ2n) is 8.57. The van der Waals surface area contributed by atoms with Gasteiger partial charge in [-0.1, -0.05) is 39.8 Å². The molecule has 10 nitrogen and oxygen atoms in total. The molecule has 2 amide bonds. The first-order valence-electron chi connectivity index (χ1n) is 10.7. The molecule has 2 rings (SSSR count). The van der Waals surface area contributed by atoms with E-state index in [4.69, 9.17) is 11.5 Å². The average Bonchev–Trinajstić information content (AvgIpc) is 2.69. The zero-order valence-electron chi connectivity index (χ0n) is 19.4. The number of primary amides is 1. The van der Waals surface area contributed by atoms with Gasteiger partial charge in [-0.3, -0.25) is 23.9 Å². The summed E-state index contributed by atoms with van der Waals surface area (Å²) in [7, 11) is 0. The molecule has 0 aliphatic carbocycles. The molecule has 33 heavy (non-hydrogen) atoms. The predicted molar refractivity (Wildman–Crippen MR) is 133 cm³/mol. The second kappa shape index (κ2) is 11.6. The number of H-pyrrole nitrogens is 1. The average molecular weight is 477 g/mol. The largest absolute Gasteiger partial charge is 0.383 e. The normalized spacial score (nSPS) is 11.1. The minimum Gasteiger partial charge on any atom is -0.383 e. The monoisotopic (exact) mass is 476 g/mol. The van der Waals surface area contributed by atoms with Gasteiger partial charge in [-0.05, 0) is 24.0 Å². The number of benzene rings is 1. The highest BCUT2D eigenvalue weighted by molar-refractivity contribution is 8.00. The predicted octanol–water partition coefficient (Wildman–Crippen LogP) is 1.45. The van der Waals surface area contributed by atoms with Gasteiger partial charge in [0.1, 0.15) is 11.5 Å². The van der Waals surface area contributed by atoms with Gasteiger partial charge in [-0.15, -0.1) is 11.8 Å². The summed E-state index contributed by atoms with van der Waals surface area (Å²) in [6.45, 7) is 8.33. The first-order chi connectivity index (χ1) is 15.5. The van der Waals surface area contributed by atoms with Crippen molar-refractivity contribution in [2.45, 2.75) is 39.1 Å². The number of thioether (sulfide) groups is 1. The molecular formula is C22H32N6O4S. The number of nitrogens with zero attached hydrogens (tertiary/aromatic N) is 2. The lowest BCUT2D eigenvalue weighted by Crippen LogP contribution is -2.43. The molecule has 0 bridgehead atoms. The highest BCUT2D eigenvalue weighted by Crippen LogP contribution is 2.27. The number of aromatic nitrogens is 2. The molecule has 0 radical (unpaired) electrons. The fourth-order valence-electron chi connectivity index (χ4n) is 3.31. The number of anilines is 3. The van der Waals surface area contributed by atoms with Crippen LogP contribution in [-0.2, 0) is 16.1 Å². The van der Waals surface area contributed by atoms with Crippen molar-refractivity contribution < 1.29 is 9.59 Å². The van der Waals surface area contributed by atoms with E-state index in [9.17, 15) is 19.2 Å². The van der Waals surface area contributed by atoms with Crippen LogP contribution in [0.2, 0.25) is 0 Å². The Hall–Kier alpha value is -3.21. The molecule has 0 aliphatic rings. The van der Waals surface area contributed by atoms with Gasteiger partial charge in [0, 0.05) is 18.0 Å². The molecule has 0 atom stereocenters. The molecule has 0 saturated heterocycles. The fourth-order valence-corrected chi connectivity index (χ4v) is 4.06. The number of hydrogen-bond donors (Lipinski definition) is 4. The minimum absolute atomic E-state index is 0.0308. The Bertz CT molecular complexity index is 1110. The van der Waals surface area contributed by atoms with Crippen molar-refractivity contribution in [1.29, 1.82) is 0 Å². The Balaban J connectivity index is 2.35. The zero-order chi connectivity index (χ0) is 24.7. The number of nitrogens with two attached hydrogens (primary N) is 2. The van der Waals surface area contributed by atoms with Crippen LogP contribution in [0, 0.1) is 11.8 Å². The summed E-state index contributed by atoms with van der Waals surface area (Å²) in [5.41, 5.74) is 10.9. The number of aromatic amines is 1. The van der Waals surface area contributed by atoms with E-state index in [1.807, 2.05) is 27.7 Å². The van der Waals surface area contributed by atoms with Crippen molar-refractivity contribution in [3.8, 4) is 0 Å². The molecule has 180 valence electrons. The molecule has 0 fully saturated rings. The maximum Gasteiger partial charge on any atom is 0.330 e. The highest BCUT2D eigenvalue weighted by atomic mass is 32.2. The summed E-state index contributed by atoms with van der Waals surface area (Å²) in [5.74, 6) is -0.488. The Morgan fingerprint density at radius 3 is 2.42 bits per heavy atom.